The molecule has 0 spiro atoms. The molecule has 0 saturated carbocycles. The SMILES string of the molecule is CCCC(CC)C(=O)c1ccc(CS)cc1. The minimum absolute atomic E-state index is 0.187. The summed E-state index contributed by atoms with van der Waals surface area (Å²) in [6.45, 7) is 4.21. The van der Waals surface area contributed by atoms with Crippen LogP contribution in [0.2, 0.25) is 0 Å². The molecule has 0 radical (unpaired) electrons. The monoisotopic (exact) mass is 236 g/mol. The summed E-state index contributed by atoms with van der Waals surface area (Å²) in [6.07, 6.45) is 2.99. The van der Waals surface area contributed by atoms with Crippen LogP contribution in [0.3, 0.4) is 0 Å². The summed E-state index contributed by atoms with van der Waals surface area (Å²) in [6, 6.07) is 7.82. The van der Waals surface area contributed by atoms with Crippen molar-refractivity contribution in [2.45, 2.75) is 38.9 Å². The van der Waals surface area contributed by atoms with E-state index in [4.69, 9.17) is 0 Å². The second-order valence-corrected chi connectivity index (χ2v) is 4.43. The van der Waals surface area contributed by atoms with Crippen molar-refractivity contribution in [3.8, 4) is 0 Å². The summed E-state index contributed by atoms with van der Waals surface area (Å²) in [4.78, 5) is 12.1. The predicted molar refractivity (Wildman–Crippen MR) is 72.2 cm³/mol. The molecule has 0 amide bonds. The maximum absolute atomic E-state index is 12.1. The zero-order chi connectivity index (χ0) is 12.0. The van der Waals surface area contributed by atoms with Crippen LogP contribution in [-0.4, -0.2) is 5.78 Å². The van der Waals surface area contributed by atoms with Crippen LogP contribution in [0.4, 0.5) is 0 Å². The highest BCUT2D eigenvalue weighted by Crippen LogP contribution is 2.18. The van der Waals surface area contributed by atoms with Crippen molar-refractivity contribution in [3.63, 3.8) is 0 Å². The van der Waals surface area contributed by atoms with Crippen LogP contribution in [0.5, 0.6) is 0 Å². The Morgan fingerprint density at radius 2 is 1.88 bits per heavy atom. The maximum atomic E-state index is 12.1. The van der Waals surface area contributed by atoms with Gasteiger partial charge in [0.25, 0.3) is 0 Å². The minimum atomic E-state index is 0.187. The van der Waals surface area contributed by atoms with Crippen molar-refractivity contribution >= 4 is 18.4 Å². The molecular formula is C14H20OS. The van der Waals surface area contributed by atoms with Crippen LogP contribution in [0, 0.1) is 5.92 Å². The molecule has 16 heavy (non-hydrogen) atoms. The van der Waals surface area contributed by atoms with E-state index in [0.717, 1.165) is 36.1 Å². The molecule has 1 unspecified atom stereocenters. The molecule has 0 aliphatic carbocycles. The lowest BCUT2D eigenvalue weighted by atomic mass is 9.91. The first-order valence-electron chi connectivity index (χ1n) is 5.96. The molecule has 1 aromatic rings. The average molecular weight is 236 g/mol. The normalized spacial score (nSPS) is 12.4. The maximum Gasteiger partial charge on any atom is 0.165 e. The molecule has 0 saturated heterocycles. The van der Waals surface area contributed by atoms with Gasteiger partial charge >= 0.3 is 0 Å². The van der Waals surface area contributed by atoms with Crippen molar-refractivity contribution in [3.05, 3.63) is 35.4 Å². The van der Waals surface area contributed by atoms with E-state index in [9.17, 15) is 4.79 Å². The molecule has 88 valence electrons. The topological polar surface area (TPSA) is 17.1 Å². The zero-order valence-corrected chi connectivity index (χ0v) is 11.0. The second kappa shape index (κ2) is 6.74. The fourth-order valence-electron chi connectivity index (χ4n) is 1.88. The van der Waals surface area contributed by atoms with Crippen LogP contribution in [-0.2, 0) is 5.75 Å². The van der Waals surface area contributed by atoms with Crippen molar-refractivity contribution in [2.24, 2.45) is 5.92 Å². The Labute approximate surface area is 104 Å². The van der Waals surface area contributed by atoms with Crippen LogP contribution < -0.4 is 0 Å². The standard InChI is InChI=1S/C14H20OS/c1-3-5-12(4-2)14(15)13-8-6-11(10-16)7-9-13/h6-9,12,16H,3-5,10H2,1-2H3. The molecule has 0 aliphatic heterocycles. The van der Waals surface area contributed by atoms with Gasteiger partial charge in [-0.2, -0.15) is 12.6 Å². The highest BCUT2D eigenvalue weighted by molar-refractivity contribution is 7.79. The van der Waals surface area contributed by atoms with Crippen LogP contribution in [0.1, 0.15) is 49.0 Å². The first-order valence-corrected chi connectivity index (χ1v) is 6.60. The van der Waals surface area contributed by atoms with Gasteiger partial charge in [-0.05, 0) is 18.4 Å². The molecule has 1 atom stereocenters. The Bertz CT molecular complexity index is 329. The lowest BCUT2D eigenvalue weighted by Gasteiger charge is -2.12. The number of rotatable bonds is 6. The van der Waals surface area contributed by atoms with E-state index < -0.39 is 0 Å². The van der Waals surface area contributed by atoms with E-state index in [1.807, 2.05) is 24.3 Å². The van der Waals surface area contributed by atoms with Gasteiger partial charge in [0.1, 0.15) is 0 Å². The quantitative estimate of drug-likeness (QED) is 0.580. The van der Waals surface area contributed by atoms with Gasteiger partial charge in [0.2, 0.25) is 0 Å². The van der Waals surface area contributed by atoms with Gasteiger partial charge in [0.15, 0.2) is 5.78 Å². The highest BCUT2D eigenvalue weighted by Gasteiger charge is 2.16. The molecule has 0 aromatic heterocycles. The van der Waals surface area contributed by atoms with E-state index in [-0.39, 0.29) is 11.7 Å². The lowest BCUT2D eigenvalue weighted by molar-refractivity contribution is 0.0909. The van der Waals surface area contributed by atoms with Gasteiger partial charge < -0.3 is 0 Å². The first-order chi connectivity index (χ1) is 7.72. The Hall–Kier alpha value is -0.760. The number of Topliss-reactive ketones (excluding diaryl/α,β-unsaturated/α-hetero) is 1. The molecule has 1 nitrogen and oxygen atoms in total. The van der Waals surface area contributed by atoms with Gasteiger partial charge in [0.05, 0.1) is 0 Å². The third-order valence-corrected chi connectivity index (χ3v) is 3.29. The van der Waals surface area contributed by atoms with E-state index in [1.165, 1.54) is 0 Å². The van der Waals surface area contributed by atoms with E-state index in [2.05, 4.69) is 26.5 Å². The molecule has 0 heterocycles. The Morgan fingerprint density at radius 1 is 1.25 bits per heavy atom. The van der Waals surface area contributed by atoms with Crippen molar-refractivity contribution < 1.29 is 4.79 Å². The minimum Gasteiger partial charge on any atom is -0.294 e. The number of thiol groups is 1. The molecular weight excluding hydrogens is 216 g/mol. The van der Waals surface area contributed by atoms with Crippen molar-refractivity contribution in [1.29, 1.82) is 0 Å². The van der Waals surface area contributed by atoms with Gasteiger partial charge in [-0.1, -0.05) is 44.5 Å². The van der Waals surface area contributed by atoms with Gasteiger partial charge in [-0.3, -0.25) is 4.79 Å². The number of hydrogen-bond acceptors (Lipinski definition) is 2. The number of benzene rings is 1. The lowest BCUT2D eigenvalue weighted by Crippen LogP contribution is -2.13. The van der Waals surface area contributed by atoms with Crippen molar-refractivity contribution in [2.75, 3.05) is 0 Å². The second-order valence-electron chi connectivity index (χ2n) is 4.11. The van der Waals surface area contributed by atoms with E-state index in [0.29, 0.717) is 0 Å². The average Bonchev–Trinajstić information content (AvgIpc) is 2.35. The van der Waals surface area contributed by atoms with Gasteiger partial charge in [-0.25, -0.2) is 0 Å². The fourth-order valence-corrected chi connectivity index (χ4v) is 2.09. The third kappa shape index (κ3) is 3.38. The Balaban J connectivity index is 2.78. The number of hydrogen-bond donors (Lipinski definition) is 1. The highest BCUT2D eigenvalue weighted by atomic mass is 32.1. The molecule has 0 aliphatic rings. The van der Waals surface area contributed by atoms with Gasteiger partial charge in [0, 0.05) is 17.2 Å². The predicted octanol–water partition coefficient (Wildman–Crippen LogP) is 4.13. The summed E-state index contributed by atoms with van der Waals surface area (Å²) >= 11 is 4.20. The van der Waals surface area contributed by atoms with E-state index >= 15 is 0 Å². The molecule has 0 fully saturated rings. The zero-order valence-electron chi connectivity index (χ0n) is 10.1. The first kappa shape index (κ1) is 13.3. The summed E-state index contributed by atoms with van der Waals surface area (Å²) in [5.41, 5.74) is 1.99. The number of ketones is 1. The number of carbonyl (C=O) groups excluding carboxylic acids is 1. The summed E-state index contributed by atoms with van der Waals surface area (Å²) in [7, 11) is 0. The van der Waals surface area contributed by atoms with Crippen LogP contribution >= 0.6 is 12.6 Å². The third-order valence-electron chi connectivity index (χ3n) is 2.92. The molecule has 2 heteroatoms. The van der Waals surface area contributed by atoms with Crippen LogP contribution in [0.15, 0.2) is 24.3 Å². The smallest absolute Gasteiger partial charge is 0.165 e. The van der Waals surface area contributed by atoms with Gasteiger partial charge in [-0.15, -0.1) is 0 Å². The molecule has 1 aromatic carbocycles. The van der Waals surface area contributed by atoms with Crippen LogP contribution in [0.25, 0.3) is 0 Å². The summed E-state index contributed by atoms with van der Waals surface area (Å²) in [5, 5.41) is 0. The fraction of sp³-hybridized carbons (Fsp3) is 0.500. The van der Waals surface area contributed by atoms with E-state index in [1.54, 1.807) is 0 Å². The molecule has 1 rings (SSSR count). The molecule has 0 bridgehead atoms. The number of carbonyl (C=O) groups is 1. The molecule has 0 N–H and O–H groups in total. The largest absolute Gasteiger partial charge is 0.294 e. The Kier molecular flexibility index (Phi) is 5.61. The van der Waals surface area contributed by atoms with Crippen molar-refractivity contribution in [1.82, 2.24) is 0 Å². The summed E-state index contributed by atoms with van der Waals surface area (Å²) < 4.78 is 0. The Morgan fingerprint density at radius 3 is 2.31 bits per heavy atom. The summed E-state index contributed by atoms with van der Waals surface area (Å²) in [5.74, 6) is 1.20.